The maximum absolute atomic E-state index is 11.0. The Balaban J connectivity index is 2.03. The summed E-state index contributed by atoms with van der Waals surface area (Å²) in [7, 11) is -4.05. The van der Waals surface area contributed by atoms with Crippen LogP contribution in [0.3, 0.4) is 0 Å². The zero-order valence-electron chi connectivity index (χ0n) is 9.78. The second kappa shape index (κ2) is 5.06. The molecule has 5 nitrogen and oxygen atoms in total. The summed E-state index contributed by atoms with van der Waals surface area (Å²) in [6.07, 6.45) is 1.37. The van der Waals surface area contributed by atoms with Crippen LogP contribution < -0.4 is 0 Å². The van der Waals surface area contributed by atoms with Crippen LogP contribution in [-0.2, 0) is 10.3 Å². The molecule has 96 valence electrons. The van der Waals surface area contributed by atoms with E-state index in [1.165, 1.54) is 0 Å². The number of rotatable bonds is 2. The molecule has 0 aromatic heterocycles. The van der Waals surface area contributed by atoms with Gasteiger partial charge in [0.05, 0.1) is 11.6 Å². The highest BCUT2D eigenvalue weighted by atomic mass is 32.2. The molecule has 1 fully saturated rings. The molecule has 0 saturated carbocycles. The molecule has 1 heterocycles. The Morgan fingerprint density at radius 3 is 2.22 bits per heavy atom. The van der Waals surface area contributed by atoms with Gasteiger partial charge in [0, 0.05) is 13.1 Å². The predicted octanol–water partition coefficient (Wildman–Crippen LogP) is 1.54. The lowest BCUT2D eigenvalue weighted by Gasteiger charge is -2.29. The average Bonchev–Trinajstić information content (AvgIpc) is 2.38. The molecule has 0 atom stereocenters. The second-order valence-corrected chi connectivity index (χ2v) is 5.80. The molecule has 0 radical (unpaired) electrons. The van der Waals surface area contributed by atoms with Crippen LogP contribution in [0.15, 0.2) is 24.3 Å². The van der Waals surface area contributed by atoms with Crippen LogP contribution in [0.1, 0.15) is 29.9 Å². The lowest BCUT2D eigenvalue weighted by atomic mass is 9.90. The van der Waals surface area contributed by atoms with Crippen molar-refractivity contribution in [1.29, 1.82) is 5.26 Å². The molecular formula is C12H14N2O3S. The lowest BCUT2D eigenvalue weighted by molar-refractivity contribution is 0.289. The Bertz CT molecular complexity index is 552. The highest BCUT2D eigenvalue weighted by molar-refractivity contribution is 7.83. The van der Waals surface area contributed by atoms with Crippen LogP contribution in [0.25, 0.3) is 0 Å². The minimum atomic E-state index is -4.05. The predicted molar refractivity (Wildman–Crippen MR) is 66.3 cm³/mol. The van der Waals surface area contributed by atoms with E-state index in [4.69, 9.17) is 9.81 Å². The first kappa shape index (κ1) is 13.0. The van der Waals surface area contributed by atoms with E-state index in [0.717, 1.165) is 9.87 Å². The molecule has 1 N–H and O–H groups in total. The average molecular weight is 266 g/mol. The maximum Gasteiger partial charge on any atom is 0.335 e. The van der Waals surface area contributed by atoms with Crippen LogP contribution in [0, 0.1) is 11.3 Å². The van der Waals surface area contributed by atoms with E-state index in [9.17, 15) is 8.42 Å². The quantitative estimate of drug-likeness (QED) is 0.823. The van der Waals surface area contributed by atoms with Gasteiger partial charge in [0.2, 0.25) is 0 Å². The van der Waals surface area contributed by atoms with Crippen molar-refractivity contribution in [2.45, 2.75) is 18.8 Å². The van der Waals surface area contributed by atoms with Gasteiger partial charge < -0.3 is 0 Å². The Morgan fingerprint density at radius 2 is 1.78 bits per heavy atom. The summed E-state index contributed by atoms with van der Waals surface area (Å²) in [5.41, 5.74) is 1.73. The normalized spacial score (nSPS) is 18.4. The van der Waals surface area contributed by atoms with E-state index in [1.54, 1.807) is 12.1 Å². The molecule has 18 heavy (non-hydrogen) atoms. The van der Waals surface area contributed by atoms with Crippen molar-refractivity contribution in [3.63, 3.8) is 0 Å². The molecule has 0 bridgehead atoms. The standard InChI is InChI=1S/C12H14N2O3S/c13-9-10-1-3-11(4-2-10)12-5-7-14(8-6-12)18(15,16)17/h1-4,12H,5-8H2,(H,15,16,17). The highest BCUT2D eigenvalue weighted by Crippen LogP contribution is 2.28. The van der Waals surface area contributed by atoms with Gasteiger partial charge >= 0.3 is 10.3 Å². The fourth-order valence-electron chi connectivity index (χ4n) is 2.25. The monoisotopic (exact) mass is 266 g/mol. The summed E-state index contributed by atoms with van der Waals surface area (Å²) in [5, 5.41) is 8.71. The summed E-state index contributed by atoms with van der Waals surface area (Å²) in [5.74, 6) is 0.288. The molecule has 1 aliphatic rings. The molecule has 6 heteroatoms. The van der Waals surface area contributed by atoms with Gasteiger partial charge in [-0.15, -0.1) is 0 Å². The van der Waals surface area contributed by atoms with Gasteiger partial charge in [0.1, 0.15) is 0 Å². The van der Waals surface area contributed by atoms with Crippen LogP contribution in [0.5, 0.6) is 0 Å². The molecule has 1 aromatic carbocycles. The zero-order valence-corrected chi connectivity index (χ0v) is 10.6. The Hall–Kier alpha value is -1.42. The third-order valence-corrected chi connectivity index (χ3v) is 4.31. The summed E-state index contributed by atoms with van der Waals surface area (Å²) in [4.78, 5) is 0. The fraction of sp³-hybridized carbons (Fsp3) is 0.417. The van der Waals surface area contributed by atoms with E-state index in [2.05, 4.69) is 6.07 Å². The van der Waals surface area contributed by atoms with Gasteiger partial charge in [-0.1, -0.05) is 12.1 Å². The van der Waals surface area contributed by atoms with Crippen molar-refractivity contribution in [3.05, 3.63) is 35.4 Å². The van der Waals surface area contributed by atoms with E-state index in [-0.39, 0.29) is 5.92 Å². The van der Waals surface area contributed by atoms with Gasteiger partial charge in [0.25, 0.3) is 0 Å². The first-order valence-corrected chi connectivity index (χ1v) is 7.13. The number of benzene rings is 1. The van der Waals surface area contributed by atoms with Gasteiger partial charge in [0.15, 0.2) is 0 Å². The maximum atomic E-state index is 11.0. The molecule has 1 aromatic rings. The third-order valence-electron chi connectivity index (χ3n) is 3.29. The third kappa shape index (κ3) is 2.88. The van der Waals surface area contributed by atoms with Crippen molar-refractivity contribution in [3.8, 4) is 6.07 Å². The minimum Gasteiger partial charge on any atom is -0.273 e. The topological polar surface area (TPSA) is 81.4 Å². The number of piperidine rings is 1. The van der Waals surface area contributed by atoms with Gasteiger partial charge in [-0.3, -0.25) is 4.55 Å². The number of hydrogen-bond donors (Lipinski definition) is 1. The molecular weight excluding hydrogens is 252 g/mol. The first-order valence-electron chi connectivity index (χ1n) is 5.73. The second-order valence-electron chi connectivity index (χ2n) is 4.38. The minimum absolute atomic E-state index is 0.288. The number of nitriles is 1. The Kier molecular flexibility index (Phi) is 3.66. The summed E-state index contributed by atoms with van der Waals surface area (Å²) >= 11 is 0. The highest BCUT2D eigenvalue weighted by Gasteiger charge is 2.26. The van der Waals surface area contributed by atoms with Crippen molar-refractivity contribution >= 4 is 10.3 Å². The van der Waals surface area contributed by atoms with E-state index < -0.39 is 10.3 Å². The molecule has 0 aliphatic carbocycles. The van der Waals surface area contributed by atoms with Crippen LogP contribution >= 0.6 is 0 Å². The molecule has 0 spiro atoms. The lowest BCUT2D eigenvalue weighted by Crippen LogP contribution is -2.37. The number of hydrogen-bond acceptors (Lipinski definition) is 3. The largest absolute Gasteiger partial charge is 0.335 e. The molecule has 0 unspecified atom stereocenters. The Morgan fingerprint density at radius 1 is 1.22 bits per heavy atom. The van der Waals surface area contributed by atoms with Crippen molar-refractivity contribution in [2.75, 3.05) is 13.1 Å². The smallest absolute Gasteiger partial charge is 0.273 e. The number of nitrogens with zero attached hydrogens (tertiary/aromatic N) is 2. The van der Waals surface area contributed by atoms with Crippen LogP contribution in [-0.4, -0.2) is 30.4 Å². The molecule has 2 rings (SSSR count). The van der Waals surface area contributed by atoms with Crippen molar-refractivity contribution in [2.24, 2.45) is 0 Å². The van der Waals surface area contributed by atoms with Crippen LogP contribution in [0.4, 0.5) is 0 Å². The van der Waals surface area contributed by atoms with Crippen molar-refractivity contribution in [1.82, 2.24) is 4.31 Å². The van der Waals surface area contributed by atoms with Crippen LogP contribution in [0.2, 0.25) is 0 Å². The van der Waals surface area contributed by atoms with E-state index in [1.807, 2.05) is 12.1 Å². The summed E-state index contributed by atoms with van der Waals surface area (Å²) in [6, 6.07) is 9.42. The molecule has 0 amide bonds. The van der Waals surface area contributed by atoms with Gasteiger partial charge in [-0.25, -0.2) is 0 Å². The molecule has 1 aliphatic heterocycles. The van der Waals surface area contributed by atoms with Gasteiger partial charge in [-0.05, 0) is 36.5 Å². The SMILES string of the molecule is N#Cc1ccc(C2CCN(S(=O)(=O)O)CC2)cc1. The van der Waals surface area contributed by atoms with Crippen molar-refractivity contribution < 1.29 is 13.0 Å². The first-order chi connectivity index (χ1) is 8.50. The van der Waals surface area contributed by atoms with Gasteiger partial charge in [-0.2, -0.15) is 18.0 Å². The van der Waals surface area contributed by atoms with E-state index in [0.29, 0.717) is 31.5 Å². The summed E-state index contributed by atoms with van der Waals surface area (Å²) in [6.45, 7) is 0.674. The Labute approximate surface area is 107 Å². The fourth-order valence-corrected chi connectivity index (χ4v) is 2.92. The summed E-state index contributed by atoms with van der Waals surface area (Å²) < 4.78 is 31.9. The van der Waals surface area contributed by atoms with E-state index >= 15 is 0 Å². The zero-order chi connectivity index (χ0) is 13.2. The molecule has 1 saturated heterocycles.